The predicted octanol–water partition coefficient (Wildman–Crippen LogP) is 2.40. The molecule has 0 radical (unpaired) electrons. The van der Waals surface area contributed by atoms with Crippen molar-refractivity contribution in [3.8, 4) is 0 Å². The van der Waals surface area contributed by atoms with Crippen LogP contribution >= 0.6 is 0 Å². The summed E-state index contributed by atoms with van der Waals surface area (Å²) in [7, 11) is -0.590. The van der Waals surface area contributed by atoms with Crippen molar-refractivity contribution in [1.29, 1.82) is 0 Å². The van der Waals surface area contributed by atoms with Crippen LogP contribution in [0.2, 0.25) is 0 Å². The molecule has 0 amide bonds. The molecule has 2 heterocycles. The van der Waals surface area contributed by atoms with Gasteiger partial charge in [-0.25, -0.2) is 4.98 Å². The van der Waals surface area contributed by atoms with E-state index in [0.29, 0.717) is 11.5 Å². The molecule has 19 heavy (non-hydrogen) atoms. The van der Waals surface area contributed by atoms with E-state index < -0.39 is 18.3 Å². The summed E-state index contributed by atoms with van der Waals surface area (Å²) in [4.78, 5) is 4.03. The Labute approximate surface area is 113 Å². The highest BCUT2D eigenvalue weighted by atomic mass is 19.1. The van der Waals surface area contributed by atoms with E-state index in [9.17, 15) is 4.39 Å². The van der Waals surface area contributed by atoms with Gasteiger partial charge in [0.15, 0.2) is 0 Å². The molecular formula is C14H19BFNO2. The second-order valence-electron chi connectivity index (χ2n) is 6.48. The van der Waals surface area contributed by atoms with Gasteiger partial charge in [0.25, 0.3) is 0 Å². The van der Waals surface area contributed by atoms with Gasteiger partial charge in [0.2, 0.25) is 5.95 Å². The molecule has 102 valence electrons. The Balaban J connectivity index is 1.86. The van der Waals surface area contributed by atoms with Crippen molar-refractivity contribution in [3.63, 3.8) is 0 Å². The third kappa shape index (κ3) is 2.19. The van der Waals surface area contributed by atoms with E-state index in [1.165, 1.54) is 0 Å². The number of rotatable bonds is 2. The van der Waals surface area contributed by atoms with Crippen molar-refractivity contribution in [2.45, 2.75) is 57.7 Å². The molecule has 0 N–H and O–H groups in total. The lowest BCUT2D eigenvalue weighted by Gasteiger charge is -2.32. The molecular weight excluding hydrogens is 244 g/mol. The second-order valence-corrected chi connectivity index (χ2v) is 6.48. The van der Waals surface area contributed by atoms with E-state index >= 15 is 0 Å². The molecule has 3 nitrogen and oxygen atoms in total. The summed E-state index contributed by atoms with van der Waals surface area (Å²) in [6, 6.07) is 3.64. The summed E-state index contributed by atoms with van der Waals surface area (Å²) in [5.74, 6) is -0.0189. The Kier molecular flexibility index (Phi) is 2.77. The van der Waals surface area contributed by atoms with Crippen molar-refractivity contribution >= 4 is 12.7 Å². The van der Waals surface area contributed by atoms with Gasteiger partial charge in [0.1, 0.15) is 0 Å². The Bertz CT molecular complexity index is 498. The zero-order valence-corrected chi connectivity index (χ0v) is 11.9. The van der Waals surface area contributed by atoms with Crippen LogP contribution in [0.25, 0.3) is 0 Å². The summed E-state index contributed by atoms with van der Waals surface area (Å²) in [5.41, 5.74) is 0.386. The van der Waals surface area contributed by atoms with E-state index in [-0.39, 0.29) is 5.95 Å². The molecule has 0 unspecified atom stereocenters. The number of hydrogen-bond acceptors (Lipinski definition) is 3. The van der Waals surface area contributed by atoms with Gasteiger partial charge in [0, 0.05) is 5.56 Å². The van der Waals surface area contributed by atoms with Crippen LogP contribution in [0.4, 0.5) is 4.39 Å². The highest BCUT2D eigenvalue weighted by Crippen LogP contribution is 2.41. The molecule has 5 heteroatoms. The SMILES string of the molecule is CC1(C)OB(c2ccc(C3CC3)c(F)n2)OC1(C)C. The average Bonchev–Trinajstić information content (AvgIpc) is 3.07. The van der Waals surface area contributed by atoms with E-state index in [1.54, 1.807) is 0 Å². The molecule has 1 aliphatic carbocycles. The molecule has 1 saturated carbocycles. The van der Waals surface area contributed by atoms with Gasteiger partial charge in [-0.3, -0.25) is 0 Å². The first-order valence-corrected chi connectivity index (χ1v) is 6.82. The standard InChI is InChI=1S/C14H19BFNO2/c1-13(2)14(3,4)19-15(18-13)11-8-7-10(9-5-6-9)12(16)17-11/h7-9H,5-6H2,1-4H3. The van der Waals surface area contributed by atoms with Crippen molar-refractivity contribution < 1.29 is 13.7 Å². The average molecular weight is 263 g/mol. The summed E-state index contributed by atoms with van der Waals surface area (Å²) < 4.78 is 25.7. The molecule has 2 fully saturated rings. The first-order chi connectivity index (χ1) is 8.80. The van der Waals surface area contributed by atoms with E-state index in [0.717, 1.165) is 18.4 Å². The fourth-order valence-corrected chi connectivity index (χ4v) is 2.25. The third-order valence-corrected chi connectivity index (χ3v) is 4.41. The lowest BCUT2D eigenvalue weighted by atomic mass is 9.84. The maximum atomic E-state index is 14.0. The van der Waals surface area contributed by atoms with Crippen molar-refractivity contribution in [2.24, 2.45) is 0 Å². The number of hydrogen-bond donors (Lipinski definition) is 0. The van der Waals surface area contributed by atoms with Gasteiger partial charge < -0.3 is 9.31 Å². The van der Waals surface area contributed by atoms with Gasteiger partial charge >= 0.3 is 7.12 Å². The van der Waals surface area contributed by atoms with E-state index in [1.807, 2.05) is 39.8 Å². The second kappa shape index (κ2) is 4.03. The molecule has 0 spiro atoms. The van der Waals surface area contributed by atoms with Gasteiger partial charge in [0.05, 0.1) is 16.8 Å². The van der Waals surface area contributed by atoms with Gasteiger partial charge in [-0.05, 0) is 52.5 Å². The Morgan fingerprint density at radius 1 is 1.16 bits per heavy atom. The first kappa shape index (κ1) is 13.1. The zero-order chi connectivity index (χ0) is 13.8. The van der Waals surface area contributed by atoms with E-state index in [4.69, 9.17) is 9.31 Å². The maximum absolute atomic E-state index is 14.0. The molecule has 1 aromatic rings. The normalized spacial score (nSPS) is 24.8. The molecule has 0 atom stereocenters. The zero-order valence-electron chi connectivity index (χ0n) is 11.9. The smallest absolute Gasteiger partial charge is 0.398 e. The molecule has 1 aliphatic heterocycles. The number of aromatic nitrogens is 1. The van der Waals surface area contributed by atoms with Crippen LogP contribution in [0.3, 0.4) is 0 Å². The molecule has 1 aromatic heterocycles. The van der Waals surface area contributed by atoms with Crippen LogP contribution in [-0.4, -0.2) is 23.3 Å². The largest absolute Gasteiger partial charge is 0.514 e. The number of halogens is 1. The summed E-state index contributed by atoms with van der Waals surface area (Å²) in [5, 5.41) is 0. The highest BCUT2D eigenvalue weighted by molar-refractivity contribution is 6.61. The van der Waals surface area contributed by atoms with Gasteiger partial charge in [-0.2, -0.15) is 4.39 Å². The summed E-state index contributed by atoms with van der Waals surface area (Å²) in [6.07, 6.45) is 2.13. The van der Waals surface area contributed by atoms with Crippen LogP contribution in [0.15, 0.2) is 12.1 Å². The Hall–Kier alpha value is -0.935. The Morgan fingerprint density at radius 3 is 2.21 bits per heavy atom. The summed E-state index contributed by atoms with van der Waals surface area (Å²) >= 11 is 0. The van der Waals surface area contributed by atoms with Crippen molar-refractivity contribution in [3.05, 3.63) is 23.6 Å². The lowest BCUT2D eigenvalue weighted by molar-refractivity contribution is 0.00578. The minimum Gasteiger partial charge on any atom is -0.398 e. The van der Waals surface area contributed by atoms with Crippen LogP contribution in [0.5, 0.6) is 0 Å². The van der Waals surface area contributed by atoms with Crippen molar-refractivity contribution in [1.82, 2.24) is 4.98 Å². The fourth-order valence-electron chi connectivity index (χ4n) is 2.25. The number of pyridine rings is 1. The van der Waals surface area contributed by atoms with Crippen LogP contribution in [-0.2, 0) is 9.31 Å². The van der Waals surface area contributed by atoms with Gasteiger partial charge in [-0.15, -0.1) is 0 Å². The fraction of sp³-hybridized carbons (Fsp3) is 0.643. The molecule has 1 saturated heterocycles. The molecule has 0 aromatic carbocycles. The predicted molar refractivity (Wildman–Crippen MR) is 71.9 cm³/mol. The van der Waals surface area contributed by atoms with Crippen molar-refractivity contribution in [2.75, 3.05) is 0 Å². The minimum atomic E-state index is -0.590. The molecule has 0 bridgehead atoms. The maximum Gasteiger partial charge on any atom is 0.514 e. The molecule has 3 rings (SSSR count). The Morgan fingerprint density at radius 2 is 1.74 bits per heavy atom. The van der Waals surface area contributed by atoms with Crippen LogP contribution in [0, 0.1) is 5.95 Å². The highest BCUT2D eigenvalue weighted by Gasteiger charge is 2.52. The minimum absolute atomic E-state index is 0.361. The topological polar surface area (TPSA) is 31.4 Å². The van der Waals surface area contributed by atoms with E-state index in [2.05, 4.69) is 4.98 Å². The van der Waals surface area contributed by atoms with Crippen LogP contribution in [0.1, 0.15) is 52.0 Å². The lowest BCUT2D eigenvalue weighted by Crippen LogP contribution is -2.41. The number of nitrogens with zero attached hydrogens (tertiary/aromatic N) is 1. The van der Waals surface area contributed by atoms with Crippen LogP contribution < -0.4 is 5.59 Å². The van der Waals surface area contributed by atoms with Gasteiger partial charge in [-0.1, -0.05) is 6.07 Å². The quantitative estimate of drug-likeness (QED) is 0.606. The first-order valence-electron chi connectivity index (χ1n) is 6.82. The third-order valence-electron chi connectivity index (χ3n) is 4.41. The summed E-state index contributed by atoms with van der Waals surface area (Å²) in [6.45, 7) is 7.90. The monoisotopic (exact) mass is 263 g/mol. The molecule has 2 aliphatic rings.